The first kappa shape index (κ1) is 11.2. The summed E-state index contributed by atoms with van der Waals surface area (Å²) in [5, 5.41) is 3.51. The fourth-order valence-corrected chi connectivity index (χ4v) is 4.67. The lowest BCUT2D eigenvalue weighted by atomic mass is 9.86. The molecule has 1 saturated heterocycles. The van der Waals surface area contributed by atoms with E-state index in [-0.39, 0.29) is 11.3 Å². The van der Waals surface area contributed by atoms with Crippen LogP contribution in [0.2, 0.25) is 0 Å². The number of nitrogens with one attached hydrogen (secondary N) is 1. The first-order valence-corrected chi connectivity index (χ1v) is 7.78. The second-order valence-corrected chi connectivity index (χ2v) is 7.29. The quantitative estimate of drug-likeness (QED) is 0.825. The van der Waals surface area contributed by atoms with Crippen molar-refractivity contribution in [1.29, 1.82) is 0 Å². The highest BCUT2D eigenvalue weighted by atomic mass is 32.2. The molecule has 0 radical (unpaired) electrons. The van der Waals surface area contributed by atoms with Crippen LogP contribution in [0.4, 0.5) is 0 Å². The number of hydrogen-bond acceptors (Lipinski definition) is 3. The average molecular weight is 251 g/mol. The lowest BCUT2D eigenvalue weighted by Crippen LogP contribution is -2.34. The topological polar surface area (TPSA) is 46.2 Å². The Kier molecular flexibility index (Phi) is 2.35. The molecule has 2 heterocycles. The summed E-state index contributed by atoms with van der Waals surface area (Å²) >= 11 is 0. The molecule has 2 aliphatic heterocycles. The minimum Gasteiger partial charge on any atom is -0.308 e. The van der Waals surface area contributed by atoms with E-state index in [0.717, 1.165) is 24.9 Å². The van der Waals surface area contributed by atoms with Gasteiger partial charge in [0.15, 0.2) is 9.84 Å². The fourth-order valence-electron chi connectivity index (χ4n) is 3.10. The van der Waals surface area contributed by atoms with Gasteiger partial charge in [0.2, 0.25) is 0 Å². The minimum atomic E-state index is -3.01. The highest BCUT2D eigenvalue weighted by Gasteiger charge is 2.36. The van der Waals surface area contributed by atoms with E-state index in [4.69, 9.17) is 0 Å². The monoisotopic (exact) mass is 251 g/mol. The minimum absolute atomic E-state index is 0.0365. The SMILES string of the molecule is CC1(c2cccc3c2CCS3(=O)=O)CCCN1. The van der Waals surface area contributed by atoms with Gasteiger partial charge in [-0.1, -0.05) is 12.1 Å². The molecule has 0 aliphatic carbocycles. The molecule has 1 aromatic carbocycles. The molecule has 0 amide bonds. The zero-order chi connectivity index (χ0) is 12.1. The summed E-state index contributed by atoms with van der Waals surface area (Å²) in [7, 11) is -3.01. The molecule has 17 heavy (non-hydrogen) atoms. The molecule has 0 saturated carbocycles. The van der Waals surface area contributed by atoms with Gasteiger partial charge < -0.3 is 5.32 Å². The Morgan fingerprint density at radius 1 is 1.35 bits per heavy atom. The van der Waals surface area contributed by atoms with Crippen molar-refractivity contribution in [3.05, 3.63) is 29.3 Å². The predicted molar refractivity (Wildman–Crippen MR) is 66.8 cm³/mol. The molecule has 4 heteroatoms. The Labute approximate surface area is 102 Å². The van der Waals surface area contributed by atoms with Gasteiger partial charge in [0.05, 0.1) is 10.6 Å². The number of hydrogen-bond donors (Lipinski definition) is 1. The first-order chi connectivity index (χ1) is 8.03. The average Bonchev–Trinajstić information content (AvgIpc) is 2.85. The lowest BCUT2D eigenvalue weighted by molar-refractivity contribution is 0.430. The molecule has 0 aromatic heterocycles. The standard InChI is InChI=1S/C13H17NO2S/c1-13(7-3-8-14-13)11-4-2-5-12-10(11)6-9-17(12,15)16/h2,4-5,14H,3,6-9H2,1H3. The van der Waals surface area contributed by atoms with Crippen LogP contribution in [0.25, 0.3) is 0 Å². The van der Waals surface area contributed by atoms with Gasteiger partial charge in [-0.15, -0.1) is 0 Å². The lowest BCUT2D eigenvalue weighted by Gasteiger charge is -2.27. The summed E-state index contributed by atoms with van der Waals surface area (Å²) in [5.74, 6) is 0.273. The van der Waals surface area contributed by atoms with Gasteiger partial charge in [0, 0.05) is 5.54 Å². The zero-order valence-electron chi connectivity index (χ0n) is 9.99. The number of fused-ring (bicyclic) bond motifs is 1. The van der Waals surface area contributed by atoms with Crippen molar-refractivity contribution >= 4 is 9.84 Å². The summed E-state index contributed by atoms with van der Waals surface area (Å²) in [4.78, 5) is 0.560. The van der Waals surface area contributed by atoms with Gasteiger partial charge in [0.25, 0.3) is 0 Å². The Hall–Kier alpha value is -0.870. The van der Waals surface area contributed by atoms with Crippen LogP contribution in [-0.4, -0.2) is 20.7 Å². The van der Waals surface area contributed by atoms with E-state index < -0.39 is 9.84 Å². The largest absolute Gasteiger partial charge is 0.308 e. The maximum Gasteiger partial charge on any atom is 0.178 e. The van der Waals surface area contributed by atoms with E-state index in [1.54, 1.807) is 6.07 Å². The molecule has 3 rings (SSSR count). The van der Waals surface area contributed by atoms with Crippen LogP contribution < -0.4 is 5.32 Å². The maximum atomic E-state index is 11.9. The first-order valence-electron chi connectivity index (χ1n) is 6.13. The third kappa shape index (κ3) is 1.62. The molecule has 1 N–H and O–H groups in total. The highest BCUT2D eigenvalue weighted by molar-refractivity contribution is 7.91. The molecule has 1 aromatic rings. The third-order valence-electron chi connectivity index (χ3n) is 4.05. The Morgan fingerprint density at radius 2 is 2.18 bits per heavy atom. The van der Waals surface area contributed by atoms with Crippen LogP contribution in [0, 0.1) is 0 Å². The summed E-state index contributed by atoms with van der Waals surface area (Å²) < 4.78 is 23.8. The normalized spacial score (nSPS) is 30.4. The predicted octanol–water partition coefficient (Wildman–Crippen LogP) is 1.61. The second kappa shape index (κ2) is 3.56. The number of sulfone groups is 1. The molecule has 3 nitrogen and oxygen atoms in total. The Morgan fingerprint density at radius 3 is 2.88 bits per heavy atom. The van der Waals surface area contributed by atoms with Gasteiger partial charge in [-0.3, -0.25) is 0 Å². The zero-order valence-corrected chi connectivity index (χ0v) is 10.8. The van der Waals surface area contributed by atoms with Crippen LogP contribution in [-0.2, 0) is 21.8 Å². The van der Waals surface area contributed by atoms with Gasteiger partial charge in [-0.25, -0.2) is 8.42 Å². The van der Waals surface area contributed by atoms with Crippen LogP contribution >= 0.6 is 0 Å². The number of benzene rings is 1. The molecule has 1 atom stereocenters. The van der Waals surface area contributed by atoms with Crippen molar-refractivity contribution in [1.82, 2.24) is 5.32 Å². The molecular formula is C13H17NO2S. The second-order valence-electron chi connectivity index (χ2n) is 5.21. The van der Waals surface area contributed by atoms with Crippen molar-refractivity contribution in [2.45, 2.75) is 36.6 Å². The third-order valence-corrected chi connectivity index (χ3v) is 5.85. The van der Waals surface area contributed by atoms with E-state index in [2.05, 4.69) is 18.3 Å². The molecule has 1 fully saturated rings. The van der Waals surface area contributed by atoms with Gasteiger partial charge >= 0.3 is 0 Å². The summed E-state index contributed by atoms with van der Waals surface area (Å²) in [6, 6.07) is 5.71. The van der Waals surface area contributed by atoms with E-state index in [1.165, 1.54) is 5.56 Å². The fraction of sp³-hybridized carbons (Fsp3) is 0.538. The van der Waals surface area contributed by atoms with Crippen LogP contribution in [0.1, 0.15) is 30.9 Å². The van der Waals surface area contributed by atoms with Gasteiger partial charge in [-0.2, -0.15) is 0 Å². The Balaban J connectivity index is 2.18. The Bertz CT molecular complexity index is 557. The van der Waals surface area contributed by atoms with Crippen LogP contribution in [0.3, 0.4) is 0 Å². The van der Waals surface area contributed by atoms with Crippen molar-refractivity contribution in [3.63, 3.8) is 0 Å². The van der Waals surface area contributed by atoms with E-state index in [9.17, 15) is 8.42 Å². The molecular weight excluding hydrogens is 234 g/mol. The smallest absolute Gasteiger partial charge is 0.178 e. The molecule has 0 spiro atoms. The van der Waals surface area contributed by atoms with Crippen molar-refractivity contribution in [2.24, 2.45) is 0 Å². The summed E-state index contributed by atoms with van der Waals surface area (Å²) in [5.41, 5.74) is 2.20. The maximum absolute atomic E-state index is 11.9. The van der Waals surface area contributed by atoms with E-state index in [1.807, 2.05) is 6.07 Å². The van der Waals surface area contributed by atoms with Gasteiger partial charge in [-0.05, 0) is 49.9 Å². The number of rotatable bonds is 1. The molecule has 92 valence electrons. The molecule has 2 aliphatic rings. The van der Waals surface area contributed by atoms with Crippen LogP contribution in [0.15, 0.2) is 23.1 Å². The summed E-state index contributed by atoms with van der Waals surface area (Å²) in [6.45, 7) is 3.20. The summed E-state index contributed by atoms with van der Waals surface area (Å²) in [6.07, 6.45) is 2.92. The highest BCUT2D eigenvalue weighted by Crippen LogP contribution is 2.38. The van der Waals surface area contributed by atoms with Crippen LogP contribution in [0.5, 0.6) is 0 Å². The van der Waals surface area contributed by atoms with Crippen molar-refractivity contribution in [2.75, 3.05) is 12.3 Å². The molecule has 1 unspecified atom stereocenters. The molecule has 0 bridgehead atoms. The van der Waals surface area contributed by atoms with Crippen molar-refractivity contribution in [3.8, 4) is 0 Å². The van der Waals surface area contributed by atoms with Gasteiger partial charge in [0.1, 0.15) is 0 Å². The van der Waals surface area contributed by atoms with E-state index in [0.29, 0.717) is 11.3 Å². The van der Waals surface area contributed by atoms with Crippen molar-refractivity contribution < 1.29 is 8.42 Å². The van der Waals surface area contributed by atoms with E-state index >= 15 is 0 Å².